The van der Waals surface area contributed by atoms with Gasteiger partial charge in [-0.15, -0.1) is 0 Å². The highest BCUT2D eigenvalue weighted by atomic mass is 16.3. The molecule has 0 aromatic heterocycles. The van der Waals surface area contributed by atoms with Crippen LogP contribution in [0.5, 0.6) is 0 Å². The summed E-state index contributed by atoms with van der Waals surface area (Å²) in [6, 6.07) is 9.79. The third-order valence-electron chi connectivity index (χ3n) is 4.35. The molecular formula is C17H26N2O2. The monoisotopic (exact) mass is 290 g/mol. The van der Waals surface area contributed by atoms with Gasteiger partial charge in [0.1, 0.15) is 0 Å². The van der Waals surface area contributed by atoms with Crippen LogP contribution in [0, 0.1) is 5.92 Å². The van der Waals surface area contributed by atoms with Gasteiger partial charge in [-0.2, -0.15) is 0 Å². The third-order valence-corrected chi connectivity index (χ3v) is 4.35. The Morgan fingerprint density at radius 3 is 2.67 bits per heavy atom. The Hall–Kier alpha value is -1.55. The van der Waals surface area contributed by atoms with E-state index in [9.17, 15) is 9.90 Å². The van der Waals surface area contributed by atoms with Crippen molar-refractivity contribution in [3.05, 3.63) is 35.9 Å². The van der Waals surface area contributed by atoms with E-state index in [1.54, 1.807) is 0 Å². The lowest BCUT2D eigenvalue weighted by Gasteiger charge is -2.30. The molecule has 0 spiro atoms. The van der Waals surface area contributed by atoms with Gasteiger partial charge in [-0.05, 0) is 30.7 Å². The summed E-state index contributed by atoms with van der Waals surface area (Å²) in [5.41, 5.74) is 1.03. The first kappa shape index (κ1) is 15.8. The van der Waals surface area contributed by atoms with E-state index in [0.29, 0.717) is 12.3 Å². The third kappa shape index (κ3) is 4.74. The van der Waals surface area contributed by atoms with Crippen molar-refractivity contribution in [1.82, 2.24) is 10.6 Å². The molecule has 1 aliphatic rings. The fraction of sp³-hybridized carbons (Fsp3) is 0.588. The molecule has 1 aromatic carbocycles. The van der Waals surface area contributed by atoms with Gasteiger partial charge >= 0.3 is 6.03 Å². The maximum absolute atomic E-state index is 12.2. The van der Waals surface area contributed by atoms with Gasteiger partial charge in [-0.25, -0.2) is 4.79 Å². The Bertz CT molecular complexity index is 436. The number of hydrogen-bond donors (Lipinski definition) is 3. The quantitative estimate of drug-likeness (QED) is 0.780. The molecule has 0 heterocycles. The summed E-state index contributed by atoms with van der Waals surface area (Å²) in [5, 5.41) is 15.3. The topological polar surface area (TPSA) is 61.4 Å². The SMILES string of the molecule is CC1CCCCC1NC(=O)N[C@H](CCO)c1ccccc1. The van der Waals surface area contributed by atoms with E-state index in [1.165, 1.54) is 19.3 Å². The Labute approximate surface area is 126 Å². The van der Waals surface area contributed by atoms with Crippen molar-refractivity contribution in [3.8, 4) is 0 Å². The largest absolute Gasteiger partial charge is 0.396 e. The lowest BCUT2D eigenvalue weighted by molar-refractivity contribution is 0.213. The summed E-state index contributed by atoms with van der Waals surface area (Å²) in [6.45, 7) is 2.26. The van der Waals surface area contributed by atoms with Crippen LogP contribution in [0.2, 0.25) is 0 Å². The highest BCUT2D eigenvalue weighted by Gasteiger charge is 2.23. The summed E-state index contributed by atoms with van der Waals surface area (Å²) in [6.07, 6.45) is 5.22. The molecule has 4 heteroatoms. The predicted molar refractivity (Wildman–Crippen MR) is 84.0 cm³/mol. The van der Waals surface area contributed by atoms with E-state index < -0.39 is 0 Å². The van der Waals surface area contributed by atoms with E-state index in [2.05, 4.69) is 17.6 Å². The van der Waals surface area contributed by atoms with Gasteiger partial charge in [-0.3, -0.25) is 0 Å². The van der Waals surface area contributed by atoms with Crippen molar-refractivity contribution >= 4 is 6.03 Å². The molecule has 1 fully saturated rings. The molecule has 0 bridgehead atoms. The van der Waals surface area contributed by atoms with Crippen molar-refractivity contribution in [1.29, 1.82) is 0 Å². The molecule has 0 aliphatic heterocycles. The van der Waals surface area contributed by atoms with E-state index in [0.717, 1.165) is 12.0 Å². The van der Waals surface area contributed by atoms with Crippen LogP contribution in [0.4, 0.5) is 4.79 Å². The Balaban J connectivity index is 1.92. The Morgan fingerprint density at radius 1 is 1.29 bits per heavy atom. The molecule has 1 aliphatic carbocycles. The molecule has 4 nitrogen and oxygen atoms in total. The van der Waals surface area contributed by atoms with Gasteiger partial charge in [-0.1, -0.05) is 50.1 Å². The minimum Gasteiger partial charge on any atom is -0.396 e. The number of aliphatic hydroxyl groups excluding tert-OH is 1. The standard InChI is InChI=1S/C17H26N2O2/c1-13-7-5-6-10-15(13)18-17(21)19-16(11-12-20)14-8-3-2-4-9-14/h2-4,8-9,13,15-16,20H,5-7,10-12H2,1H3,(H2,18,19,21)/t13?,15?,16-/m1/s1. The summed E-state index contributed by atoms with van der Waals surface area (Å²) in [5.74, 6) is 0.539. The van der Waals surface area contributed by atoms with Gasteiger partial charge < -0.3 is 15.7 Å². The summed E-state index contributed by atoms with van der Waals surface area (Å²) < 4.78 is 0. The number of carbonyl (C=O) groups excluding carboxylic acids is 1. The first-order valence-corrected chi connectivity index (χ1v) is 7.93. The van der Waals surface area contributed by atoms with Crippen LogP contribution in [0.15, 0.2) is 30.3 Å². The first-order chi connectivity index (χ1) is 10.2. The van der Waals surface area contributed by atoms with Crippen LogP contribution >= 0.6 is 0 Å². The average molecular weight is 290 g/mol. The lowest BCUT2D eigenvalue weighted by atomic mass is 9.86. The van der Waals surface area contributed by atoms with Gasteiger partial charge in [0.15, 0.2) is 0 Å². The molecule has 2 rings (SSSR count). The van der Waals surface area contributed by atoms with Crippen LogP contribution < -0.4 is 10.6 Å². The second-order valence-electron chi connectivity index (χ2n) is 5.96. The summed E-state index contributed by atoms with van der Waals surface area (Å²) in [4.78, 5) is 12.2. The number of carbonyl (C=O) groups is 1. The smallest absolute Gasteiger partial charge is 0.315 e. The lowest BCUT2D eigenvalue weighted by Crippen LogP contribution is -2.47. The zero-order valence-corrected chi connectivity index (χ0v) is 12.7. The molecule has 0 radical (unpaired) electrons. The Morgan fingerprint density at radius 2 is 2.00 bits per heavy atom. The molecular weight excluding hydrogens is 264 g/mol. The molecule has 2 unspecified atom stereocenters. The predicted octanol–water partition coefficient (Wildman–Crippen LogP) is 2.99. The maximum Gasteiger partial charge on any atom is 0.315 e. The van der Waals surface area contributed by atoms with Crippen molar-refractivity contribution in [2.75, 3.05) is 6.61 Å². The van der Waals surface area contributed by atoms with Gasteiger partial charge in [0.2, 0.25) is 0 Å². The van der Waals surface area contributed by atoms with Crippen molar-refractivity contribution in [3.63, 3.8) is 0 Å². The number of urea groups is 1. The molecule has 1 aromatic rings. The maximum atomic E-state index is 12.2. The molecule has 0 saturated heterocycles. The molecule has 1 saturated carbocycles. The van der Waals surface area contributed by atoms with E-state index >= 15 is 0 Å². The zero-order chi connectivity index (χ0) is 15.1. The van der Waals surface area contributed by atoms with Crippen LogP contribution in [0.3, 0.4) is 0 Å². The highest BCUT2D eigenvalue weighted by Crippen LogP contribution is 2.24. The summed E-state index contributed by atoms with van der Waals surface area (Å²) >= 11 is 0. The zero-order valence-electron chi connectivity index (χ0n) is 12.7. The van der Waals surface area contributed by atoms with E-state index in [4.69, 9.17) is 0 Å². The summed E-state index contributed by atoms with van der Waals surface area (Å²) in [7, 11) is 0. The highest BCUT2D eigenvalue weighted by molar-refractivity contribution is 5.74. The van der Waals surface area contributed by atoms with Crippen LogP contribution in [-0.4, -0.2) is 23.8 Å². The van der Waals surface area contributed by atoms with Crippen LogP contribution in [-0.2, 0) is 0 Å². The molecule has 21 heavy (non-hydrogen) atoms. The van der Waals surface area contributed by atoms with E-state index in [1.807, 2.05) is 30.3 Å². The van der Waals surface area contributed by atoms with E-state index in [-0.39, 0.29) is 24.7 Å². The number of amides is 2. The molecule has 116 valence electrons. The number of aliphatic hydroxyl groups is 1. The Kier molecular flexibility index (Phi) is 6.05. The first-order valence-electron chi connectivity index (χ1n) is 7.93. The minimum absolute atomic E-state index is 0.0552. The number of hydrogen-bond acceptors (Lipinski definition) is 2. The second-order valence-corrected chi connectivity index (χ2v) is 5.96. The van der Waals surface area contributed by atoms with Gasteiger partial charge in [0.25, 0.3) is 0 Å². The fourth-order valence-electron chi connectivity index (χ4n) is 3.04. The van der Waals surface area contributed by atoms with Crippen molar-refractivity contribution < 1.29 is 9.90 Å². The molecule has 3 N–H and O–H groups in total. The molecule has 3 atom stereocenters. The average Bonchev–Trinajstić information content (AvgIpc) is 2.50. The number of rotatable bonds is 5. The second kappa shape index (κ2) is 8.03. The molecule has 2 amide bonds. The fourth-order valence-corrected chi connectivity index (χ4v) is 3.04. The van der Waals surface area contributed by atoms with Crippen molar-refractivity contribution in [2.45, 2.75) is 51.1 Å². The number of benzene rings is 1. The van der Waals surface area contributed by atoms with Gasteiger partial charge in [0, 0.05) is 12.6 Å². The minimum atomic E-state index is -0.143. The van der Waals surface area contributed by atoms with Crippen LogP contribution in [0.25, 0.3) is 0 Å². The normalized spacial score (nSPS) is 23.3. The number of nitrogens with one attached hydrogen (secondary N) is 2. The van der Waals surface area contributed by atoms with Crippen molar-refractivity contribution in [2.24, 2.45) is 5.92 Å². The van der Waals surface area contributed by atoms with Crippen LogP contribution in [0.1, 0.15) is 50.6 Å². The van der Waals surface area contributed by atoms with Gasteiger partial charge in [0.05, 0.1) is 6.04 Å².